The quantitative estimate of drug-likeness (QED) is 0.703. The van der Waals surface area contributed by atoms with E-state index in [2.05, 4.69) is 20.3 Å². The molecule has 26 heavy (non-hydrogen) atoms. The number of esters is 1. The van der Waals surface area contributed by atoms with Gasteiger partial charge in [-0.15, -0.1) is 5.10 Å². The van der Waals surface area contributed by atoms with Gasteiger partial charge < -0.3 is 13.9 Å². The summed E-state index contributed by atoms with van der Waals surface area (Å²) in [4.78, 5) is 23.6. The van der Waals surface area contributed by atoms with E-state index in [9.17, 15) is 9.59 Å². The fourth-order valence-electron chi connectivity index (χ4n) is 2.17. The van der Waals surface area contributed by atoms with Gasteiger partial charge in [-0.2, -0.15) is 0 Å². The van der Waals surface area contributed by atoms with Crippen molar-refractivity contribution in [2.45, 2.75) is 0 Å². The van der Waals surface area contributed by atoms with Crippen LogP contribution in [0.3, 0.4) is 0 Å². The van der Waals surface area contributed by atoms with Gasteiger partial charge in [-0.1, -0.05) is 5.10 Å². The minimum absolute atomic E-state index is 0.0298. The largest absolute Gasteiger partial charge is 0.497 e. The maximum absolute atomic E-state index is 12.2. The number of nitrogens with one attached hydrogen (secondary N) is 1. The van der Waals surface area contributed by atoms with Crippen molar-refractivity contribution in [3.63, 3.8) is 0 Å². The average Bonchev–Trinajstić information content (AvgIpc) is 3.16. The molecule has 0 spiro atoms. The highest BCUT2D eigenvalue weighted by atomic mass is 16.5. The van der Waals surface area contributed by atoms with Crippen molar-refractivity contribution in [3.8, 4) is 17.2 Å². The molecule has 0 bridgehead atoms. The molecule has 8 heteroatoms. The van der Waals surface area contributed by atoms with Gasteiger partial charge >= 0.3 is 12.0 Å². The van der Waals surface area contributed by atoms with Gasteiger partial charge in [0.15, 0.2) is 0 Å². The van der Waals surface area contributed by atoms with Crippen LogP contribution in [0.2, 0.25) is 0 Å². The molecule has 1 amide bonds. The smallest absolute Gasteiger partial charge is 0.337 e. The zero-order chi connectivity index (χ0) is 18.5. The first-order valence-corrected chi connectivity index (χ1v) is 7.58. The van der Waals surface area contributed by atoms with Crippen LogP contribution in [-0.4, -0.2) is 36.3 Å². The molecule has 0 fully saturated rings. The Hall–Kier alpha value is -3.68. The molecule has 1 heterocycles. The third-order valence-corrected chi connectivity index (χ3v) is 3.55. The molecule has 0 saturated heterocycles. The van der Waals surface area contributed by atoms with E-state index < -0.39 is 11.9 Å². The van der Waals surface area contributed by atoms with E-state index in [0.717, 1.165) is 0 Å². The lowest BCUT2D eigenvalue weighted by molar-refractivity contribution is 0.0600. The van der Waals surface area contributed by atoms with Crippen molar-refractivity contribution < 1.29 is 23.5 Å². The molecule has 0 radical (unpaired) electrons. The van der Waals surface area contributed by atoms with Crippen molar-refractivity contribution in [1.82, 2.24) is 10.2 Å². The van der Waals surface area contributed by atoms with Crippen molar-refractivity contribution in [2.75, 3.05) is 19.5 Å². The maximum Gasteiger partial charge on any atom is 0.337 e. The minimum atomic E-state index is -0.474. The molecule has 0 aliphatic rings. The van der Waals surface area contributed by atoms with Gasteiger partial charge in [0.2, 0.25) is 5.89 Å². The Bertz CT molecular complexity index is 917. The number of amides is 1. The summed E-state index contributed by atoms with van der Waals surface area (Å²) in [5, 5.41) is 10.2. The molecule has 0 unspecified atom stereocenters. The highest BCUT2D eigenvalue weighted by Crippen LogP contribution is 2.22. The number of nitrogens with zero attached hydrogens (tertiary/aromatic N) is 2. The zero-order valence-electron chi connectivity index (χ0n) is 14.1. The average molecular weight is 353 g/mol. The number of carbonyl (C=O) groups excluding carboxylic acids is 2. The number of benzene rings is 2. The van der Waals surface area contributed by atoms with Crippen molar-refractivity contribution in [2.24, 2.45) is 0 Å². The monoisotopic (exact) mass is 353 g/mol. The number of aromatic nitrogens is 2. The summed E-state index contributed by atoms with van der Waals surface area (Å²) in [5.41, 5.74) is 1.38. The topological polar surface area (TPSA) is 104 Å². The molecule has 1 aromatic heterocycles. The molecule has 3 rings (SSSR count). The Kier molecular flexibility index (Phi) is 4.93. The molecule has 132 valence electrons. The van der Waals surface area contributed by atoms with Gasteiger partial charge in [0, 0.05) is 11.1 Å². The third-order valence-electron chi connectivity index (χ3n) is 3.55. The van der Waals surface area contributed by atoms with Gasteiger partial charge in [0.1, 0.15) is 5.75 Å². The van der Waals surface area contributed by atoms with Crippen molar-refractivity contribution >= 4 is 17.9 Å². The highest BCUT2D eigenvalue weighted by Gasteiger charge is 2.14. The molecule has 8 nitrogen and oxygen atoms in total. The number of hydrogen-bond acceptors (Lipinski definition) is 7. The van der Waals surface area contributed by atoms with Gasteiger partial charge in [-0.3, -0.25) is 10.1 Å². The SMILES string of the molecule is COC(=O)c1ccc(C(=O)Nc2nnc(-c3ccc(OC)cc3)o2)cc1. The van der Waals surface area contributed by atoms with E-state index >= 15 is 0 Å². The molecule has 0 saturated carbocycles. The van der Waals surface area contributed by atoms with Gasteiger partial charge in [-0.05, 0) is 48.5 Å². The first kappa shape index (κ1) is 17.2. The third kappa shape index (κ3) is 3.69. The lowest BCUT2D eigenvalue weighted by atomic mass is 10.1. The molecular formula is C18H15N3O5. The van der Waals surface area contributed by atoms with Crippen molar-refractivity contribution in [1.29, 1.82) is 0 Å². The molecule has 0 atom stereocenters. The second-order valence-corrected chi connectivity index (χ2v) is 5.16. The van der Waals surface area contributed by atoms with Crippen LogP contribution in [0, 0.1) is 0 Å². The summed E-state index contributed by atoms with van der Waals surface area (Å²) in [6, 6.07) is 13.0. The standard InChI is InChI=1S/C18H15N3O5/c1-24-14-9-7-12(8-10-14)16-20-21-18(26-16)19-15(22)11-3-5-13(6-4-11)17(23)25-2/h3-10H,1-2H3,(H,19,21,22). The number of carbonyl (C=O) groups is 2. The summed E-state index contributed by atoms with van der Waals surface area (Å²) in [6.07, 6.45) is 0. The summed E-state index contributed by atoms with van der Waals surface area (Å²) in [6.45, 7) is 0. The maximum atomic E-state index is 12.2. The van der Waals surface area contributed by atoms with Crippen LogP contribution in [0.5, 0.6) is 5.75 Å². The Morgan fingerprint density at radius 2 is 1.58 bits per heavy atom. The minimum Gasteiger partial charge on any atom is -0.497 e. The predicted molar refractivity (Wildman–Crippen MR) is 92.0 cm³/mol. The van der Waals surface area contributed by atoms with E-state index in [1.807, 2.05) is 0 Å². The zero-order valence-corrected chi connectivity index (χ0v) is 14.1. The lowest BCUT2D eigenvalue weighted by Gasteiger charge is -2.02. The van der Waals surface area contributed by atoms with Crippen LogP contribution in [0.25, 0.3) is 11.5 Å². The van der Waals surface area contributed by atoms with Gasteiger partial charge in [0.25, 0.3) is 5.91 Å². The van der Waals surface area contributed by atoms with Crippen LogP contribution in [0.1, 0.15) is 20.7 Å². The molecule has 0 aliphatic carbocycles. The molecule has 3 aromatic rings. The summed E-state index contributed by atoms with van der Waals surface area (Å²) in [7, 11) is 2.87. The lowest BCUT2D eigenvalue weighted by Crippen LogP contribution is -2.12. The fraction of sp³-hybridized carbons (Fsp3) is 0.111. The highest BCUT2D eigenvalue weighted by molar-refractivity contribution is 6.03. The molecular weight excluding hydrogens is 338 g/mol. The van der Waals surface area contributed by atoms with Gasteiger partial charge in [0.05, 0.1) is 19.8 Å². The molecule has 2 aromatic carbocycles. The van der Waals surface area contributed by atoms with Gasteiger partial charge in [-0.25, -0.2) is 4.79 Å². The Morgan fingerprint density at radius 3 is 2.19 bits per heavy atom. The first-order valence-electron chi connectivity index (χ1n) is 7.58. The Balaban J connectivity index is 1.70. The first-order chi connectivity index (χ1) is 12.6. The summed E-state index contributed by atoms with van der Waals surface area (Å²) < 4.78 is 15.1. The summed E-state index contributed by atoms with van der Waals surface area (Å²) >= 11 is 0. The second kappa shape index (κ2) is 7.47. The fourth-order valence-corrected chi connectivity index (χ4v) is 2.17. The van der Waals surface area contributed by atoms with E-state index in [1.165, 1.54) is 31.4 Å². The molecule has 0 aliphatic heterocycles. The van der Waals surface area contributed by atoms with Crippen LogP contribution in [0.4, 0.5) is 6.01 Å². The Morgan fingerprint density at radius 1 is 0.923 bits per heavy atom. The number of anilines is 1. The predicted octanol–water partition coefficient (Wildman–Crippen LogP) is 2.78. The van der Waals surface area contributed by atoms with E-state index in [0.29, 0.717) is 22.4 Å². The van der Waals surface area contributed by atoms with Crippen LogP contribution in [0.15, 0.2) is 52.9 Å². The number of hydrogen-bond donors (Lipinski definition) is 1. The number of ether oxygens (including phenoxy) is 2. The summed E-state index contributed by atoms with van der Waals surface area (Å²) in [5.74, 6) is 0.0607. The number of methoxy groups -OCH3 is 2. The van der Waals surface area contributed by atoms with Crippen LogP contribution in [-0.2, 0) is 4.74 Å². The molecule has 1 N–H and O–H groups in total. The van der Waals surface area contributed by atoms with Crippen LogP contribution < -0.4 is 10.1 Å². The van der Waals surface area contributed by atoms with Crippen molar-refractivity contribution in [3.05, 3.63) is 59.7 Å². The van der Waals surface area contributed by atoms with Crippen LogP contribution >= 0.6 is 0 Å². The van der Waals surface area contributed by atoms with E-state index in [-0.39, 0.29) is 11.9 Å². The Labute approximate surface area is 148 Å². The number of rotatable bonds is 5. The normalized spacial score (nSPS) is 10.2. The second-order valence-electron chi connectivity index (χ2n) is 5.16. The van der Waals surface area contributed by atoms with E-state index in [4.69, 9.17) is 9.15 Å². The van der Waals surface area contributed by atoms with E-state index in [1.54, 1.807) is 31.4 Å².